The standard InChI is InChI=1S/C40H30/c1-3-31-32(4-2)40(38-25-24-33(28-15-6-5-7-16-28)34-18-10-11-19-35(34)38)37-21-13-12-20-36(37)39(31)30-23-22-27-14-8-9-17-29(27)26-30/h3-26,31,39H,1-2H2. The molecule has 1 aliphatic rings. The molecule has 0 aromatic heterocycles. The molecule has 0 N–H and O–H groups in total. The van der Waals surface area contributed by atoms with Crippen LogP contribution in [-0.2, 0) is 0 Å². The maximum atomic E-state index is 4.36. The molecule has 190 valence electrons. The van der Waals surface area contributed by atoms with Crippen molar-refractivity contribution in [2.45, 2.75) is 5.92 Å². The van der Waals surface area contributed by atoms with E-state index < -0.39 is 0 Å². The summed E-state index contributed by atoms with van der Waals surface area (Å²) in [4.78, 5) is 0. The highest BCUT2D eigenvalue weighted by atomic mass is 14.4. The maximum Gasteiger partial charge on any atom is 0.0199 e. The van der Waals surface area contributed by atoms with Gasteiger partial charge in [-0.25, -0.2) is 0 Å². The van der Waals surface area contributed by atoms with Crippen molar-refractivity contribution in [1.82, 2.24) is 0 Å². The molecule has 0 spiro atoms. The molecule has 0 radical (unpaired) electrons. The van der Waals surface area contributed by atoms with E-state index in [9.17, 15) is 0 Å². The quantitative estimate of drug-likeness (QED) is 0.202. The van der Waals surface area contributed by atoms with Gasteiger partial charge in [0, 0.05) is 11.8 Å². The number of hydrogen-bond acceptors (Lipinski definition) is 0. The number of rotatable bonds is 5. The van der Waals surface area contributed by atoms with Gasteiger partial charge in [-0.05, 0) is 66.1 Å². The van der Waals surface area contributed by atoms with E-state index in [4.69, 9.17) is 0 Å². The third-order valence-electron chi connectivity index (χ3n) is 8.46. The fourth-order valence-corrected chi connectivity index (χ4v) is 6.67. The van der Waals surface area contributed by atoms with E-state index in [0.29, 0.717) is 0 Å². The molecule has 0 amide bonds. The van der Waals surface area contributed by atoms with Gasteiger partial charge in [0.1, 0.15) is 0 Å². The molecule has 1 aliphatic carbocycles. The number of fused-ring (bicyclic) bond motifs is 3. The van der Waals surface area contributed by atoms with E-state index in [1.54, 1.807) is 0 Å². The van der Waals surface area contributed by atoms with E-state index in [2.05, 4.69) is 159 Å². The monoisotopic (exact) mass is 510 g/mol. The highest BCUT2D eigenvalue weighted by Gasteiger charge is 2.34. The molecule has 2 unspecified atom stereocenters. The molecule has 0 aliphatic heterocycles. The third kappa shape index (κ3) is 3.84. The summed E-state index contributed by atoms with van der Waals surface area (Å²) < 4.78 is 0. The lowest BCUT2D eigenvalue weighted by Gasteiger charge is -2.36. The van der Waals surface area contributed by atoms with Gasteiger partial charge in [0.15, 0.2) is 0 Å². The Hall–Kier alpha value is -4.94. The Balaban J connectivity index is 1.49. The molecule has 0 nitrogen and oxygen atoms in total. The van der Waals surface area contributed by atoms with Crippen LogP contribution in [-0.4, -0.2) is 0 Å². The predicted molar refractivity (Wildman–Crippen MR) is 172 cm³/mol. The molecule has 7 rings (SSSR count). The first-order valence-corrected chi connectivity index (χ1v) is 13.9. The van der Waals surface area contributed by atoms with E-state index in [0.717, 1.165) is 0 Å². The lowest BCUT2D eigenvalue weighted by atomic mass is 9.67. The summed E-state index contributed by atoms with van der Waals surface area (Å²) in [6, 6.07) is 48.4. The van der Waals surface area contributed by atoms with Crippen molar-refractivity contribution in [3.8, 4) is 11.1 Å². The van der Waals surface area contributed by atoms with Crippen molar-refractivity contribution in [2.75, 3.05) is 0 Å². The van der Waals surface area contributed by atoms with Crippen LogP contribution in [0.4, 0.5) is 0 Å². The molecular formula is C40H30. The summed E-state index contributed by atoms with van der Waals surface area (Å²) in [5.41, 5.74) is 10.1. The van der Waals surface area contributed by atoms with E-state index in [-0.39, 0.29) is 11.8 Å². The van der Waals surface area contributed by atoms with Crippen LogP contribution >= 0.6 is 0 Å². The van der Waals surface area contributed by atoms with Crippen molar-refractivity contribution >= 4 is 27.1 Å². The smallest absolute Gasteiger partial charge is 0.0199 e. The Morgan fingerprint density at radius 1 is 0.525 bits per heavy atom. The van der Waals surface area contributed by atoms with Gasteiger partial charge in [-0.15, -0.1) is 6.58 Å². The number of benzene rings is 6. The average Bonchev–Trinajstić information content (AvgIpc) is 3.03. The third-order valence-corrected chi connectivity index (χ3v) is 8.46. The largest absolute Gasteiger partial charge is 0.102 e. The Labute approximate surface area is 236 Å². The molecule has 0 bridgehead atoms. The highest BCUT2D eigenvalue weighted by molar-refractivity contribution is 6.06. The Kier molecular flexibility index (Phi) is 6.02. The molecular weight excluding hydrogens is 480 g/mol. The molecule has 0 fully saturated rings. The van der Waals surface area contributed by atoms with Crippen LogP contribution in [0.3, 0.4) is 0 Å². The lowest BCUT2D eigenvalue weighted by Crippen LogP contribution is -2.21. The van der Waals surface area contributed by atoms with Crippen molar-refractivity contribution in [3.05, 3.63) is 187 Å². The molecule has 0 saturated heterocycles. The van der Waals surface area contributed by atoms with Gasteiger partial charge in [-0.2, -0.15) is 0 Å². The number of allylic oxidation sites excluding steroid dienone is 3. The second-order valence-electron chi connectivity index (χ2n) is 10.5. The summed E-state index contributed by atoms with van der Waals surface area (Å²) in [5.74, 6) is 0.251. The molecule has 0 heteroatoms. The van der Waals surface area contributed by atoms with E-state index >= 15 is 0 Å². The molecule has 40 heavy (non-hydrogen) atoms. The molecule has 2 atom stereocenters. The van der Waals surface area contributed by atoms with Gasteiger partial charge in [0.05, 0.1) is 0 Å². The Morgan fingerprint density at radius 3 is 1.95 bits per heavy atom. The molecule has 6 aromatic carbocycles. The Bertz CT molecular complexity index is 1940. The first-order valence-electron chi connectivity index (χ1n) is 13.9. The van der Waals surface area contributed by atoms with Gasteiger partial charge in [-0.3, -0.25) is 0 Å². The van der Waals surface area contributed by atoms with E-state index in [1.165, 1.54) is 66.1 Å². The second-order valence-corrected chi connectivity index (χ2v) is 10.5. The van der Waals surface area contributed by atoms with Gasteiger partial charge in [0.25, 0.3) is 0 Å². The van der Waals surface area contributed by atoms with Crippen molar-refractivity contribution in [3.63, 3.8) is 0 Å². The van der Waals surface area contributed by atoms with Crippen LogP contribution in [0.25, 0.3) is 38.2 Å². The van der Waals surface area contributed by atoms with Crippen molar-refractivity contribution in [2.24, 2.45) is 5.92 Å². The van der Waals surface area contributed by atoms with Gasteiger partial charge in [-0.1, -0.05) is 152 Å². The molecule has 6 aromatic rings. The van der Waals surface area contributed by atoms with Crippen molar-refractivity contribution < 1.29 is 0 Å². The van der Waals surface area contributed by atoms with Crippen LogP contribution < -0.4 is 0 Å². The minimum atomic E-state index is 0.0936. The fourth-order valence-electron chi connectivity index (χ4n) is 6.67. The molecule has 0 saturated carbocycles. The SMILES string of the molecule is C=CC1=C(c2ccc(-c3ccccc3)c3ccccc23)c2ccccc2C(c2ccc3ccccc3c2)C1C=C. The second kappa shape index (κ2) is 9.98. The van der Waals surface area contributed by atoms with Crippen LogP contribution in [0.15, 0.2) is 164 Å². The van der Waals surface area contributed by atoms with Gasteiger partial charge < -0.3 is 0 Å². The fraction of sp³-hybridized carbons (Fsp3) is 0.0500. The Morgan fingerprint density at radius 2 is 1.18 bits per heavy atom. The van der Waals surface area contributed by atoms with Gasteiger partial charge >= 0.3 is 0 Å². The number of hydrogen-bond donors (Lipinski definition) is 0. The predicted octanol–water partition coefficient (Wildman–Crippen LogP) is 10.6. The summed E-state index contributed by atoms with van der Waals surface area (Å²) >= 11 is 0. The van der Waals surface area contributed by atoms with Crippen LogP contribution in [0.5, 0.6) is 0 Å². The average molecular weight is 511 g/mol. The summed E-state index contributed by atoms with van der Waals surface area (Å²) in [6.45, 7) is 8.70. The highest BCUT2D eigenvalue weighted by Crippen LogP contribution is 2.50. The zero-order valence-corrected chi connectivity index (χ0v) is 22.4. The zero-order chi connectivity index (χ0) is 27.1. The van der Waals surface area contributed by atoms with Crippen LogP contribution in [0, 0.1) is 5.92 Å². The molecule has 0 heterocycles. The first kappa shape index (κ1) is 24.1. The normalized spacial score (nSPS) is 16.6. The van der Waals surface area contributed by atoms with Crippen LogP contribution in [0.1, 0.15) is 28.2 Å². The minimum Gasteiger partial charge on any atom is -0.102 e. The summed E-state index contributed by atoms with van der Waals surface area (Å²) in [7, 11) is 0. The van der Waals surface area contributed by atoms with Gasteiger partial charge in [0.2, 0.25) is 0 Å². The summed E-state index contributed by atoms with van der Waals surface area (Å²) in [5, 5.41) is 5.03. The zero-order valence-electron chi connectivity index (χ0n) is 22.4. The van der Waals surface area contributed by atoms with Crippen LogP contribution in [0.2, 0.25) is 0 Å². The van der Waals surface area contributed by atoms with Crippen molar-refractivity contribution in [1.29, 1.82) is 0 Å². The topological polar surface area (TPSA) is 0 Å². The summed E-state index contributed by atoms with van der Waals surface area (Å²) in [6.07, 6.45) is 4.18. The maximum absolute atomic E-state index is 4.36. The lowest BCUT2D eigenvalue weighted by molar-refractivity contribution is 0.654. The minimum absolute atomic E-state index is 0.0936. The van der Waals surface area contributed by atoms with E-state index in [1.807, 2.05) is 0 Å². The first-order chi connectivity index (χ1) is 19.8.